The van der Waals surface area contributed by atoms with Crippen LogP contribution in [0.5, 0.6) is 0 Å². The molecule has 0 aliphatic heterocycles. The van der Waals surface area contributed by atoms with Gasteiger partial charge in [0.25, 0.3) is 0 Å². The number of fused-ring (bicyclic) bond motifs is 1. The van der Waals surface area contributed by atoms with Crippen molar-refractivity contribution in [3.8, 4) is 11.3 Å². The molecule has 3 aromatic rings. The van der Waals surface area contributed by atoms with Crippen LogP contribution in [0, 0.1) is 12.7 Å². The van der Waals surface area contributed by atoms with E-state index in [0.29, 0.717) is 0 Å². The molecule has 0 aliphatic rings. The summed E-state index contributed by atoms with van der Waals surface area (Å²) in [6.07, 6.45) is 3.79. The Morgan fingerprint density at radius 2 is 1.93 bits per heavy atom. The van der Waals surface area contributed by atoms with Crippen molar-refractivity contribution < 1.29 is 4.39 Å². The molecule has 0 aliphatic carbocycles. The first-order chi connectivity index (χ1) is 13.2. The molecule has 3 rings (SSSR count). The molecule has 0 saturated heterocycles. The van der Waals surface area contributed by atoms with Crippen molar-refractivity contribution in [3.63, 3.8) is 0 Å². The minimum atomic E-state index is -0.257. The first-order valence-electron chi connectivity index (χ1n) is 9.71. The smallest absolute Gasteiger partial charge is 0.130 e. The van der Waals surface area contributed by atoms with E-state index in [1.807, 2.05) is 25.3 Å². The van der Waals surface area contributed by atoms with Gasteiger partial charge in [0, 0.05) is 33.6 Å². The normalized spacial score (nSPS) is 11.6. The third kappa shape index (κ3) is 4.22. The Bertz CT molecular complexity index is 1030. The van der Waals surface area contributed by atoms with E-state index in [4.69, 9.17) is 4.98 Å². The fourth-order valence-electron chi connectivity index (χ4n) is 3.34. The first-order valence-corrected chi connectivity index (χ1v) is 9.71. The Kier molecular flexibility index (Phi) is 5.50. The summed E-state index contributed by atoms with van der Waals surface area (Å²) in [5, 5.41) is 5.33. The van der Waals surface area contributed by atoms with Crippen molar-refractivity contribution in [2.45, 2.75) is 52.9 Å². The number of pyridine rings is 2. The molecule has 28 heavy (non-hydrogen) atoms. The summed E-state index contributed by atoms with van der Waals surface area (Å²) >= 11 is 0. The van der Waals surface area contributed by atoms with Crippen LogP contribution in [0.4, 0.5) is 10.2 Å². The van der Waals surface area contributed by atoms with Gasteiger partial charge in [0.2, 0.25) is 0 Å². The number of hydrogen-bond donors (Lipinski definition) is 1. The van der Waals surface area contributed by atoms with Crippen molar-refractivity contribution in [1.82, 2.24) is 9.97 Å². The second kappa shape index (κ2) is 7.70. The molecule has 4 heteroatoms. The number of nitrogens with one attached hydrogen (secondary N) is 1. The number of aromatic nitrogens is 2. The predicted octanol–water partition coefficient (Wildman–Crippen LogP) is 6.77. The van der Waals surface area contributed by atoms with Gasteiger partial charge in [-0.1, -0.05) is 46.8 Å². The van der Waals surface area contributed by atoms with Gasteiger partial charge in [-0.2, -0.15) is 0 Å². The highest BCUT2D eigenvalue weighted by Gasteiger charge is 2.21. The van der Waals surface area contributed by atoms with Crippen LogP contribution in [0.2, 0.25) is 0 Å². The Hall–Kier alpha value is -2.75. The van der Waals surface area contributed by atoms with Crippen LogP contribution in [0.25, 0.3) is 22.0 Å². The standard InChI is InChI=1S/C24H28FN3/c1-7-8-16(3)27-22-13-20-17(14-26-22)11-21(28-23(20)24(4,5)6)19-12-18(25)10-9-15(19)2/h9-14H,3,7-8H2,1-2,4-6H3,(H,26,27). The topological polar surface area (TPSA) is 37.8 Å². The first kappa shape index (κ1) is 20.0. The number of aryl methyl sites for hydroxylation is 1. The zero-order chi connectivity index (χ0) is 20.5. The second-order valence-corrected chi connectivity index (χ2v) is 8.33. The van der Waals surface area contributed by atoms with Crippen molar-refractivity contribution in [3.05, 3.63) is 65.9 Å². The summed E-state index contributed by atoms with van der Waals surface area (Å²) in [6, 6.07) is 8.84. The fourth-order valence-corrected chi connectivity index (χ4v) is 3.34. The van der Waals surface area contributed by atoms with Gasteiger partial charge in [0.15, 0.2) is 0 Å². The van der Waals surface area contributed by atoms with Gasteiger partial charge in [0.1, 0.15) is 11.6 Å². The van der Waals surface area contributed by atoms with E-state index in [9.17, 15) is 4.39 Å². The monoisotopic (exact) mass is 377 g/mol. The molecule has 1 aromatic carbocycles. The number of benzene rings is 1. The summed E-state index contributed by atoms with van der Waals surface area (Å²) in [6.45, 7) is 14.6. The highest BCUT2D eigenvalue weighted by atomic mass is 19.1. The maximum absolute atomic E-state index is 13.9. The van der Waals surface area contributed by atoms with Crippen molar-refractivity contribution in [2.75, 3.05) is 5.32 Å². The number of nitrogens with zero attached hydrogens (tertiary/aromatic N) is 2. The number of hydrogen-bond acceptors (Lipinski definition) is 3. The Morgan fingerprint density at radius 3 is 2.61 bits per heavy atom. The number of halogens is 1. The molecule has 3 nitrogen and oxygen atoms in total. The Labute approximate surface area is 166 Å². The molecule has 146 valence electrons. The molecule has 0 spiro atoms. The van der Waals surface area contributed by atoms with E-state index in [1.165, 1.54) is 6.07 Å². The van der Waals surface area contributed by atoms with E-state index in [2.05, 4.69) is 44.6 Å². The largest absolute Gasteiger partial charge is 0.344 e. The van der Waals surface area contributed by atoms with E-state index in [1.54, 1.807) is 12.1 Å². The molecular weight excluding hydrogens is 349 g/mol. The zero-order valence-electron chi connectivity index (χ0n) is 17.4. The maximum atomic E-state index is 13.9. The lowest BCUT2D eigenvalue weighted by Gasteiger charge is -2.22. The van der Waals surface area contributed by atoms with E-state index in [0.717, 1.165) is 57.6 Å². The summed E-state index contributed by atoms with van der Waals surface area (Å²) in [7, 11) is 0. The molecule has 2 aromatic heterocycles. The molecule has 1 N–H and O–H groups in total. The lowest BCUT2D eigenvalue weighted by atomic mass is 9.87. The van der Waals surface area contributed by atoms with E-state index >= 15 is 0 Å². The van der Waals surface area contributed by atoms with Crippen molar-refractivity contribution >= 4 is 16.6 Å². The van der Waals surface area contributed by atoms with Gasteiger partial charge in [0.05, 0.1) is 11.4 Å². The number of rotatable bonds is 5. The molecule has 0 saturated carbocycles. The van der Waals surface area contributed by atoms with Gasteiger partial charge < -0.3 is 5.32 Å². The van der Waals surface area contributed by atoms with E-state index < -0.39 is 0 Å². The lowest BCUT2D eigenvalue weighted by Crippen LogP contribution is -2.15. The van der Waals surface area contributed by atoms with Gasteiger partial charge in [-0.15, -0.1) is 0 Å². The molecule has 0 unspecified atom stereocenters. The minimum Gasteiger partial charge on any atom is -0.344 e. The fraction of sp³-hybridized carbons (Fsp3) is 0.333. The number of allylic oxidation sites excluding steroid dienone is 1. The summed E-state index contributed by atoms with van der Waals surface area (Å²) in [5.74, 6) is 0.514. The van der Waals surface area contributed by atoms with Crippen LogP contribution in [-0.2, 0) is 5.41 Å². The van der Waals surface area contributed by atoms with Crippen LogP contribution in [0.1, 0.15) is 51.8 Å². The van der Waals surface area contributed by atoms with Gasteiger partial charge in [-0.25, -0.2) is 9.37 Å². The molecule has 0 bridgehead atoms. The average Bonchev–Trinajstić information content (AvgIpc) is 2.62. The van der Waals surface area contributed by atoms with Crippen LogP contribution < -0.4 is 5.32 Å². The van der Waals surface area contributed by atoms with Crippen molar-refractivity contribution in [2.24, 2.45) is 0 Å². The minimum absolute atomic E-state index is 0.172. The lowest BCUT2D eigenvalue weighted by molar-refractivity contribution is 0.576. The predicted molar refractivity (Wildman–Crippen MR) is 116 cm³/mol. The third-order valence-corrected chi connectivity index (χ3v) is 4.76. The Morgan fingerprint density at radius 1 is 1.18 bits per heavy atom. The van der Waals surface area contributed by atoms with Crippen LogP contribution in [-0.4, -0.2) is 9.97 Å². The van der Waals surface area contributed by atoms with Gasteiger partial charge in [-0.05, 0) is 43.2 Å². The van der Waals surface area contributed by atoms with Gasteiger partial charge >= 0.3 is 0 Å². The van der Waals surface area contributed by atoms with Crippen LogP contribution >= 0.6 is 0 Å². The molecule has 0 radical (unpaired) electrons. The summed E-state index contributed by atoms with van der Waals surface area (Å²) in [4.78, 5) is 9.51. The third-order valence-electron chi connectivity index (χ3n) is 4.76. The molecular formula is C24H28FN3. The summed E-state index contributed by atoms with van der Waals surface area (Å²) in [5.41, 5.74) is 4.32. The van der Waals surface area contributed by atoms with Gasteiger partial charge in [-0.3, -0.25) is 4.98 Å². The molecule has 0 fully saturated rings. The van der Waals surface area contributed by atoms with E-state index in [-0.39, 0.29) is 11.2 Å². The molecule has 0 atom stereocenters. The second-order valence-electron chi connectivity index (χ2n) is 8.33. The van der Waals surface area contributed by atoms with Crippen LogP contribution in [0.15, 0.2) is 48.8 Å². The molecule has 0 amide bonds. The van der Waals surface area contributed by atoms with Crippen LogP contribution in [0.3, 0.4) is 0 Å². The Balaban J connectivity index is 2.18. The SMILES string of the molecule is C=C(CCC)Nc1cc2c(C(C)(C)C)nc(-c3cc(F)ccc3C)cc2cn1. The summed E-state index contributed by atoms with van der Waals surface area (Å²) < 4.78 is 13.9. The van der Waals surface area contributed by atoms with Crippen molar-refractivity contribution in [1.29, 1.82) is 0 Å². The molecule has 2 heterocycles. The number of anilines is 1. The zero-order valence-corrected chi connectivity index (χ0v) is 17.4. The highest BCUT2D eigenvalue weighted by molar-refractivity contribution is 5.90. The average molecular weight is 378 g/mol. The highest BCUT2D eigenvalue weighted by Crippen LogP contribution is 2.34. The quantitative estimate of drug-likeness (QED) is 0.533. The maximum Gasteiger partial charge on any atom is 0.130 e.